The summed E-state index contributed by atoms with van der Waals surface area (Å²) in [4.78, 5) is 3.95. The maximum absolute atomic E-state index is 5.90. The highest BCUT2D eigenvalue weighted by atomic mass is 16.5. The summed E-state index contributed by atoms with van der Waals surface area (Å²) in [6, 6.07) is 1.85. The summed E-state index contributed by atoms with van der Waals surface area (Å²) in [5, 5.41) is 0. The van der Waals surface area contributed by atoms with Crippen LogP contribution in [-0.2, 0) is 0 Å². The van der Waals surface area contributed by atoms with Crippen molar-refractivity contribution in [3.8, 4) is 5.75 Å². The smallest absolute Gasteiger partial charge is 0.145 e. The van der Waals surface area contributed by atoms with Crippen molar-refractivity contribution in [1.29, 1.82) is 0 Å². The molecule has 0 unspecified atom stereocenters. The summed E-state index contributed by atoms with van der Waals surface area (Å²) >= 11 is 0. The van der Waals surface area contributed by atoms with Crippen molar-refractivity contribution in [3.05, 3.63) is 18.5 Å². The van der Waals surface area contributed by atoms with Crippen LogP contribution in [0.4, 0.5) is 5.69 Å². The van der Waals surface area contributed by atoms with Crippen LogP contribution in [0.3, 0.4) is 0 Å². The van der Waals surface area contributed by atoms with Gasteiger partial charge in [-0.1, -0.05) is 12.8 Å². The van der Waals surface area contributed by atoms with Gasteiger partial charge in [0, 0.05) is 12.3 Å². The number of nitrogens with two attached hydrogens (primary N) is 1. The lowest BCUT2D eigenvalue weighted by atomic mass is 10.1. The molecule has 2 N–H and O–H groups in total. The molecule has 1 aromatic rings. The highest BCUT2D eigenvalue weighted by Crippen LogP contribution is 2.25. The fourth-order valence-electron chi connectivity index (χ4n) is 2.04. The number of nitrogen functional groups attached to an aromatic ring is 1. The first-order chi connectivity index (χ1) is 7.36. The van der Waals surface area contributed by atoms with Gasteiger partial charge in [-0.2, -0.15) is 0 Å². The number of anilines is 1. The van der Waals surface area contributed by atoms with E-state index >= 15 is 0 Å². The van der Waals surface area contributed by atoms with Crippen LogP contribution in [0.1, 0.15) is 38.5 Å². The van der Waals surface area contributed by atoms with Gasteiger partial charge in [0.15, 0.2) is 0 Å². The van der Waals surface area contributed by atoms with E-state index in [4.69, 9.17) is 10.5 Å². The lowest BCUT2D eigenvalue weighted by Crippen LogP contribution is -2.15. The molecule has 1 saturated carbocycles. The van der Waals surface area contributed by atoms with Gasteiger partial charge in [0.05, 0.1) is 18.0 Å². The minimum atomic E-state index is 0.345. The third-order valence-corrected chi connectivity index (χ3v) is 2.91. The van der Waals surface area contributed by atoms with Gasteiger partial charge in [0.2, 0.25) is 0 Å². The fraction of sp³-hybridized carbons (Fsp3) is 0.583. The van der Waals surface area contributed by atoms with E-state index in [0.29, 0.717) is 11.8 Å². The SMILES string of the molecule is Nc1cnccc1OC1CCCCCC1. The normalized spacial score (nSPS) is 18.4. The van der Waals surface area contributed by atoms with Crippen molar-refractivity contribution in [1.82, 2.24) is 4.98 Å². The van der Waals surface area contributed by atoms with Crippen molar-refractivity contribution >= 4 is 5.69 Å². The number of rotatable bonds is 2. The first-order valence-electron chi connectivity index (χ1n) is 5.72. The number of aromatic nitrogens is 1. The van der Waals surface area contributed by atoms with Crippen molar-refractivity contribution in [2.45, 2.75) is 44.6 Å². The number of pyridine rings is 1. The summed E-state index contributed by atoms with van der Waals surface area (Å²) < 4.78 is 5.90. The maximum atomic E-state index is 5.90. The molecule has 0 radical (unpaired) electrons. The van der Waals surface area contributed by atoms with Gasteiger partial charge in [-0.3, -0.25) is 4.98 Å². The molecule has 0 aliphatic heterocycles. The molecule has 1 aromatic heterocycles. The highest BCUT2D eigenvalue weighted by molar-refractivity contribution is 5.49. The molecule has 0 spiro atoms. The van der Waals surface area contributed by atoms with E-state index in [9.17, 15) is 0 Å². The molecule has 0 bridgehead atoms. The molecule has 3 heteroatoms. The Balaban J connectivity index is 1.98. The number of hydrogen-bond donors (Lipinski definition) is 1. The van der Waals surface area contributed by atoms with Crippen LogP contribution in [0.2, 0.25) is 0 Å². The van der Waals surface area contributed by atoms with Crippen molar-refractivity contribution in [3.63, 3.8) is 0 Å². The van der Waals surface area contributed by atoms with Gasteiger partial charge < -0.3 is 10.5 Å². The second kappa shape index (κ2) is 5.01. The summed E-state index contributed by atoms with van der Waals surface area (Å²) in [6.07, 6.45) is 11.2. The second-order valence-corrected chi connectivity index (χ2v) is 4.14. The Morgan fingerprint density at radius 3 is 2.60 bits per heavy atom. The van der Waals surface area contributed by atoms with E-state index in [2.05, 4.69) is 4.98 Å². The van der Waals surface area contributed by atoms with Crippen LogP contribution in [0.25, 0.3) is 0 Å². The predicted octanol–water partition coefficient (Wildman–Crippen LogP) is 2.77. The zero-order valence-corrected chi connectivity index (χ0v) is 8.98. The molecule has 0 atom stereocenters. The van der Waals surface area contributed by atoms with Crippen molar-refractivity contribution in [2.75, 3.05) is 5.73 Å². The van der Waals surface area contributed by atoms with E-state index < -0.39 is 0 Å². The summed E-state index contributed by atoms with van der Waals surface area (Å²) in [6.45, 7) is 0. The summed E-state index contributed by atoms with van der Waals surface area (Å²) in [5.74, 6) is 0.789. The number of hydrogen-bond acceptors (Lipinski definition) is 3. The second-order valence-electron chi connectivity index (χ2n) is 4.14. The molecule has 1 aliphatic rings. The van der Waals surface area contributed by atoms with Gasteiger partial charge in [0.1, 0.15) is 5.75 Å². The molecular formula is C12H18N2O. The largest absolute Gasteiger partial charge is 0.488 e. The van der Waals surface area contributed by atoms with Crippen LogP contribution in [0.15, 0.2) is 18.5 Å². The third-order valence-electron chi connectivity index (χ3n) is 2.91. The molecule has 15 heavy (non-hydrogen) atoms. The van der Waals surface area contributed by atoms with Gasteiger partial charge in [0.25, 0.3) is 0 Å². The third kappa shape index (κ3) is 2.85. The van der Waals surface area contributed by atoms with E-state index in [-0.39, 0.29) is 0 Å². The van der Waals surface area contributed by atoms with Gasteiger partial charge in [-0.25, -0.2) is 0 Å². The topological polar surface area (TPSA) is 48.1 Å². The van der Waals surface area contributed by atoms with Crippen molar-refractivity contribution < 1.29 is 4.74 Å². The first-order valence-corrected chi connectivity index (χ1v) is 5.72. The average molecular weight is 206 g/mol. The van der Waals surface area contributed by atoms with Crippen LogP contribution in [0, 0.1) is 0 Å². The lowest BCUT2D eigenvalue weighted by molar-refractivity contribution is 0.185. The molecule has 0 saturated heterocycles. The standard InChI is InChI=1S/C12H18N2O/c13-11-9-14-8-7-12(11)15-10-5-3-1-2-4-6-10/h7-10H,1-6,13H2. The van der Waals surface area contributed by atoms with Gasteiger partial charge >= 0.3 is 0 Å². The molecule has 3 nitrogen and oxygen atoms in total. The lowest BCUT2D eigenvalue weighted by Gasteiger charge is -2.17. The Kier molecular flexibility index (Phi) is 3.43. The van der Waals surface area contributed by atoms with Crippen LogP contribution < -0.4 is 10.5 Å². The van der Waals surface area contributed by atoms with Crippen LogP contribution in [-0.4, -0.2) is 11.1 Å². The Hall–Kier alpha value is -1.25. The zero-order valence-electron chi connectivity index (χ0n) is 8.98. The first kappa shape index (κ1) is 10.3. The molecule has 2 rings (SSSR count). The Labute approximate surface area is 90.7 Å². The van der Waals surface area contributed by atoms with Crippen LogP contribution >= 0.6 is 0 Å². The summed E-state index contributed by atoms with van der Waals surface area (Å²) in [5.41, 5.74) is 6.43. The number of ether oxygens (including phenoxy) is 1. The Morgan fingerprint density at radius 2 is 1.93 bits per heavy atom. The Bertz CT molecular complexity index is 306. The summed E-state index contributed by atoms with van der Waals surface area (Å²) in [7, 11) is 0. The average Bonchev–Trinajstić information content (AvgIpc) is 2.50. The maximum Gasteiger partial charge on any atom is 0.145 e. The molecule has 0 amide bonds. The minimum Gasteiger partial charge on any atom is -0.488 e. The van der Waals surface area contributed by atoms with E-state index in [0.717, 1.165) is 18.6 Å². The Morgan fingerprint density at radius 1 is 1.20 bits per heavy atom. The molecule has 1 fully saturated rings. The van der Waals surface area contributed by atoms with E-state index in [1.807, 2.05) is 6.07 Å². The van der Waals surface area contributed by atoms with E-state index in [1.165, 1.54) is 25.7 Å². The van der Waals surface area contributed by atoms with Gasteiger partial charge in [-0.05, 0) is 25.7 Å². The molecule has 0 aromatic carbocycles. The minimum absolute atomic E-state index is 0.345. The van der Waals surface area contributed by atoms with E-state index in [1.54, 1.807) is 12.4 Å². The highest BCUT2D eigenvalue weighted by Gasteiger charge is 2.14. The molecule has 1 aliphatic carbocycles. The number of nitrogens with zero attached hydrogens (tertiary/aromatic N) is 1. The van der Waals surface area contributed by atoms with Gasteiger partial charge in [-0.15, -0.1) is 0 Å². The molecular weight excluding hydrogens is 188 g/mol. The molecule has 1 heterocycles. The predicted molar refractivity (Wildman–Crippen MR) is 60.8 cm³/mol. The zero-order chi connectivity index (χ0) is 10.5. The molecule has 82 valence electrons. The van der Waals surface area contributed by atoms with Crippen LogP contribution in [0.5, 0.6) is 5.75 Å². The monoisotopic (exact) mass is 206 g/mol. The quantitative estimate of drug-likeness (QED) is 0.757. The fourth-order valence-corrected chi connectivity index (χ4v) is 2.04. The van der Waals surface area contributed by atoms with Crippen molar-refractivity contribution in [2.24, 2.45) is 0 Å².